The summed E-state index contributed by atoms with van der Waals surface area (Å²) in [7, 11) is 0. The minimum Gasteiger partial charge on any atom is -0.398 e. The van der Waals surface area contributed by atoms with Crippen LogP contribution in [0.1, 0.15) is 15.9 Å². The van der Waals surface area contributed by atoms with E-state index in [0.29, 0.717) is 23.2 Å². The first-order valence-corrected chi connectivity index (χ1v) is 3.26. The number of rotatable bonds is 1. The number of aldehydes is 1. The van der Waals surface area contributed by atoms with Crippen molar-refractivity contribution in [2.24, 2.45) is 0 Å². The zero-order valence-corrected chi connectivity index (χ0v) is 6.29. The van der Waals surface area contributed by atoms with Crippen molar-refractivity contribution < 1.29 is 4.79 Å². The number of nitrogens with two attached hydrogens (primary N) is 2. The van der Waals surface area contributed by atoms with E-state index in [1.165, 1.54) is 0 Å². The Labute approximate surface area is 65.0 Å². The number of nitrogen functional groups attached to an aromatic ring is 2. The molecule has 11 heavy (non-hydrogen) atoms. The van der Waals surface area contributed by atoms with Gasteiger partial charge in [-0.1, -0.05) is 0 Å². The average molecular weight is 150 g/mol. The minimum absolute atomic E-state index is 0.452. The fraction of sp³-hybridized carbons (Fsp3) is 0.125. The first-order valence-electron chi connectivity index (χ1n) is 3.26. The van der Waals surface area contributed by atoms with Crippen LogP contribution < -0.4 is 11.5 Å². The molecule has 0 saturated carbocycles. The Morgan fingerprint density at radius 2 is 1.91 bits per heavy atom. The summed E-state index contributed by atoms with van der Waals surface area (Å²) in [5.74, 6) is 0. The summed E-state index contributed by atoms with van der Waals surface area (Å²) >= 11 is 0. The number of carbonyl (C=O) groups excluding carboxylic acids is 1. The number of aryl methyl sites for hydroxylation is 1. The molecule has 0 aliphatic heterocycles. The molecule has 1 aromatic rings. The van der Waals surface area contributed by atoms with E-state index in [-0.39, 0.29) is 0 Å². The van der Waals surface area contributed by atoms with Gasteiger partial charge in [-0.15, -0.1) is 0 Å². The molecule has 4 N–H and O–H groups in total. The van der Waals surface area contributed by atoms with Gasteiger partial charge in [0, 0.05) is 16.9 Å². The summed E-state index contributed by atoms with van der Waals surface area (Å²) in [6.45, 7) is 1.85. The summed E-state index contributed by atoms with van der Waals surface area (Å²) in [4.78, 5) is 10.4. The smallest absolute Gasteiger partial charge is 0.152 e. The highest BCUT2D eigenvalue weighted by molar-refractivity contribution is 5.85. The van der Waals surface area contributed by atoms with Crippen molar-refractivity contribution in [2.75, 3.05) is 11.5 Å². The largest absolute Gasteiger partial charge is 0.398 e. The first-order chi connectivity index (χ1) is 5.15. The van der Waals surface area contributed by atoms with Gasteiger partial charge in [0.15, 0.2) is 6.29 Å². The van der Waals surface area contributed by atoms with Gasteiger partial charge < -0.3 is 11.5 Å². The number of hydrogen-bond donors (Lipinski definition) is 2. The Hall–Kier alpha value is -1.51. The van der Waals surface area contributed by atoms with Crippen LogP contribution in [0.4, 0.5) is 11.4 Å². The normalized spacial score (nSPS) is 9.55. The summed E-state index contributed by atoms with van der Waals surface area (Å²) in [6, 6.07) is 3.27. The summed E-state index contributed by atoms with van der Waals surface area (Å²) in [6.07, 6.45) is 0.700. The summed E-state index contributed by atoms with van der Waals surface area (Å²) < 4.78 is 0. The van der Waals surface area contributed by atoms with E-state index in [2.05, 4.69) is 0 Å². The number of carbonyl (C=O) groups is 1. The molecule has 0 aromatic heterocycles. The summed E-state index contributed by atoms with van der Waals surface area (Å²) in [5, 5.41) is 0. The Morgan fingerprint density at radius 3 is 2.45 bits per heavy atom. The topological polar surface area (TPSA) is 69.1 Å². The molecule has 0 spiro atoms. The third-order valence-electron chi connectivity index (χ3n) is 1.60. The van der Waals surface area contributed by atoms with Gasteiger partial charge in [-0.3, -0.25) is 4.79 Å². The van der Waals surface area contributed by atoms with Crippen LogP contribution >= 0.6 is 0 Å². The van der Waals surface area contributed by atoms with Gasteiger partial charge >= 0.3 is 0 Å². The predicted octanol–water partition coefficient (Wildman–Crippen LogP) is 0.972. The summed E-state index contributed by atoms with van der Waals surface area (Å²) in [5.41, 5.74) is 13.5. The molecule has 0 fully saturated rings. The molecule has 0 atom stereocenters. The van der Waals surface area contributed by atoms with Gasteiger partial charge in [-0.25, -0.2) is 0 Å². The second-order valence-corrected chi connectivity index (χ2v) is 2.46. The van der Waals surface area contributed by atoms with Crippen molar-refractivity contribution in [3.05, 3.63) is 23.3 Å². The van der Waals surface area contributed by atoms with Gasteiger partial charge in [0.05, 0.1) is 0 Å². The van der Waals surface area contributed by atoms with Crippen molar-refractivity contribution in [3.63, 3.8) is 0 Å². The van der Waals surface area contributed by atoms with Gasteiger partial charge in [-0.05, 0) is 24.6 Å². The molecule has 3 nitrogen and oxygen atoms in total. The monoisotopic (exact) mass is 150 g/mol. The highest BCUT2D eigenvalue weighted by Crippen LogP contribution is 2.18. The lowest BCUT2D eigenvalue weighted by Crippen LogP contribution is -1.97. The fourth-order valence-electron chi connectivity index (χ4n) is 0.867. The van der Waals surface area contributed by atoms with Crippen LogP contribution in [-0.4, -0.2) is 6.29 Å². The number of benzene rings is 1. The van der Waals surface area contributed by atoms with E-state index in [1.807, 2.05) is 6.92 Å². The third-order valence-corrected chi connectivity index (χ3v) is 1.60. The highest BCUT2D eigenvalue weighted by Gasteiger charge is 2.00. The fourth-order valence-corrected chi connectivity index (χ4v) is 0.867. The van der Waals surface area contributed by atoms with Crippen LogP contribution in [0.5, 0.6) is 0 Å². The lowest BCUT2D eigenvalue weighted by Gasteiger charge is -2.03. The first kappa shape index (κ1) is 7.60. The molecular weight excluding hydrogens is 140 g/mol. The van der Waals surface area contributed by atoms with Gasteiger partial charge in [0.25, 0.3) is 0 Å². The van der Waals surface area contributed by atoms with Crippen LogP contribution in [0.25, 0.3) is 0 Å². The highest BCUT2D eigenvalue weighted by atomic mass is 16.1. The van der Waals surface area contributed by atoms with Crippen LogP contribution in [0.2, 0.25) is 0 Å². The Bertz CT molecular complexity index is 294. The molecule has 0 radical (unpaired) electrons. The van der Waals surface area contributed by atoms with Crippen LogP contribution in [0.15, 0.2) is 12.1 Å². The zero-order chi connectivity index (χ0) is 8.43. The van der Waals surface area contributed by atoms with Crippen molar-refractivity contribution in [3.8, 4) is 0 Å². The molecule has 0 saturated heterocycles. The quantitative estimate of drug-likeness (QED) is 0.463. The van der Waals surface area contributed by atoms with E-state index in [4.69, 9.17) is 11.5 Å². The molecule has 1 rings (SSSR count). The molecular formula is C8H10N2O. The predicted molar refractivity (Wildman–Crippen MR) is 45.4 cm³/mol. The van der Waals surface area contributed by atoms with Crippen LogP contribution in [-0.2, 0) is 0 Å². The molecule has 0 aliphatic carbocycles. The van der Waals surface area contributed by atoms with Gasteiger partial charge in [0.1, 0.15) is 0 Å². The molecule has 0 unspecified atom stereocenters. The lowest BCUT2D eigenvalue weighted by molar-refractivity contribution is 0.112. The maximum absolute atomic E-state index is 10.4. The molecule has 1 aromatic carbocycles. The number of hydrogen-bond acceptors (Lipinski definition) is 3. The minimum atomic E-state index is 0.452. The van der Waals surface area contributed by atoms with Crippen molar-refractivity contribution >= 4 is 17.7 Å². The maximum atomic E-state index is 10.4. The molecule has 3 heteroatoms. The van der Waals surface area contributed by atoms with E-state index in [1.54, 1.807) is 12.1 Å². The second kappa shape index (κ2) is 2.62. The molecule has 0 bridgehead atoms. The van der Waals surface area contributed by atoms with E-state index in [0.717, 1.165) is 5.56 Å². The van der Waals surface area contributed by atoms with Crippen molar-refractivity contribution in [2.45, 2.75) is 6.92 Å². The standard InChI is InChI=1S/C8H10N2O/c1-5-2-8(10)6(4-11)3-7(5)9/h2-4H,9-10H2,1H3. The Balaban J connectivity index is 3.31. The van der Waals surface area contributed by atoms with Crippen LogP contribution in [0, 0.1) is 6.92 Å². The van der Waals surface area contributed by atoms with E-state index in [9.17, 15) is 4.79 Å². The Morgan fingerprint density at radius 1 is 1.27 bits per heavy atom. The molecule has 0 amide bonds. The maximum Gasteiger partial charge on any atom is 0.152 e. The lowest BCUT2D eigenvalue weighted by atomic mass is 10.1. The van der Waals surface area contributed by atoms with Gasteiger partial charge in [0.2, 0.25) is 0 Å². The van der Waals surface area contributed by atoms with Crippen LogP contribution in [0.3, 0.4) is 0 Å². The van der Waals surface area contributed by atoms with Crippen molar-refractivity contribution in [1.82, 2.24) is 0 Å². The second-order valence-electron chi connectivity index (χ2n) is 2.46. The zero-order valence-electron chi connectivity index (χ0n) is 6.29. The molecule has 58 valence electrons. The Kier molecular flexibility index (Phi) is 1.81. The third kappa shape index (κ3) is 1.32. The van der Waals surface area contributed by atoms with Gasteiger partial charge in [-0.2, -0.15) is 0 Å². The average Bonchev–Trinajstić information content (AvgIpc) is 1.97. The van der Waals surface area contributed by atoms with Crippen molar-refractivity contribution in [1.29, 1.82) is 0 Å². The SMILES string of the molecule is Cc1cc(N)c(C=O)cc1N. The van der Waals surface area contributed by atoms with E-state index < -0.39 is 0 Å². The molecule has 0 aliphatic rings. The molecule has 0 heterocycles. The number of anilines is 2. The van der Waals surface area contributed by atoms with E-state index >= 15 is 0 Å².